The molecule has 0 aliphatic heterocycles. The van der Waals surface area contributed by atoms with Crippen LogP contribution in [0, 0.1) is 0 Å². The van der Waals surface area contributed by atoms with Crippen LogP contribution in [0.25, 0.3) is 0 Å². The van der Waals surface area contributed by atoms with Crippen molar-refractivity contribution in [3.05, 3.63) is 0 Å². The van der Waals surface area contributed by atoms with Crippen LogP contribution in [-0.4, -0.2) is 20.0 Å². The van der Waals surface area contributed by atoms with Gasteiger partial charge in [0.2, 0.25) is 0 Å². The minimum absolute atomic E-state index is 0.295. The third-order valence-corrected chi connectivity index (χ3v) is 1.38. The number of methoxy groups -OCH3 is 1. The quantitative estimate of drug-likeness (QED) is 0.427. The van der Waals surface area contributed by atoms with Crippen LogP contribution in [0.2, 0.25) is 0 Å². The lowest BCUT2D eigenvalue weighted by atomic mass is 10.2. The summed E-state index contributed by atoms with van der Waals surface area (Å²) in [6.45, 7) is 3.12. The van der Waals surface area contributed by atoms with Gasteiger partial charge in [0.1, 0.15) is 0 Å². The second-order valence-electron chi connectivity index (χ2n) is 2.32. The molecule has 0 fully saturated rings. The molecule has 0 saturated carbocycles. The predicted octanol–water partition coefficient (Wildman–Crippen LogP) is 0.655. The molecule has 3 N–H and O–H groups in total. The van der Waals surface area contributed by atoms with E-state index in [9.17, 15) is 0 Å². The van der Waals surface area contributed by atoms with E-state index in [-0.39, 0.29) is 6.35 Å². The van der Waals surface area contributed by atoms with Gasteiger partial charge in [-0.15, -0.1) is 0 Å². The van der Waals surface area contributed by atoms with Crippen LogP contribution in [0.15, 0.2) is 0 Å². The van der Waals surface area contributed by atoms with E-state index in [1.807, 2.05) is 0 Å². The van der Waals surface area contributed by atoms with E-state index in [1.165, 1.54) is 19.3 Å². The molecule has 0 bridgehead atoms. The standard InChI is InChI=1S/C7H18N2O/c1-3-4-5-6-9-7(8)10-2/h7,9H,3-6,8H2,1-2H3. The zero-order chi connectivity index (χ0) is 7.82. The molecule has 0 aliphatic carbocycles. The summed E-state index contributed by atoms with van der Waals surface area (Å²) in [6, 6.07) is 0. The van der Waals surface area contributed by atoms with E-state index < -0.39 is 0 Å². The van der Waals surface area contributed by atoms with E-state index >= 15 is 0 Å². The van der Waals surface area contributed by atoms with Gasteiger partial charge in [-0.1, -0.05) is 19.8 Å². The van der Waals surface area contributed by atoms with Crippen LogP contribution in [0.3, 0.4) is 0 Å². The Hall–Kier alpha value is -0.120. The van der Waals surface area contributed by atoms with Crippen LogP contribution in [0.5, 0.6) is 0 Å². The molecule has 0 aromatic heterocycles. The van der Waals surface area contributed by atoms with E-state index in [2.05, 4.69) is 12.2 Å². The topological polar surface area (TPSA) is 47.3 Å². The molecule has 0 radical (unpaired) electrons. The maximum absolute atomic E-state index is 5.42. The van der Waals surface area contributed by atoms with Crippen LogP contribution < -0.4 is 11.1 Å². The molecule has 3 heteroatoms. The maximum Gasteiger partial charge on any atom is 0.160 e. The zero-order valence-electron chi connectivity index (χ0n) is 6.89. The summed E-state index contributed by atoms with van der Waals surface area (Å²) in [5.74, 6) is 0. The van der Waals surface area contributed by atoms with Crippen LogP contribution in [0.4, 0.5) is 0 Å². The molecule has 0 aliphatic rings. The lowest BCUT2D eigenvalue weighted by Gasteiger charge is -2.10. The molecule has 0 amide bonds. The van der Waals surface area contributed by atoms with Gasteiger partial charge in [0.05, 0.1) is 0 Å². The summed E-state index contributed by atoms with van der Waals surface area (Å²) in [6.07, 6.45) is 3.37. The summed E-state index contributed by atoms with van der Waals surface area (Å²) in [4.78, 5) is 0. The summed E-state index contributed by atoms with van der Waals surface area (Å²) in [5.41, 5.74) is 5.42. The monoisotopic (exact) mass is 146 g/mol. The van der Waals surface area contributed by atoms with Gasteiger partial charge in [-0.25, -0.2) is 0 Å². The first kappa shape index (κ1) is 9.88. The molecule has 0 saturated heterocycles. The fourth-order valence-corrected chi connectivity index (χ4v) is 0.703. The number of hydrogen-bond donors (Lipinski definition) is 2. The smallest absolute Gasteiger partial charge is 0.160 e. The lowest BCUT2D eigenvalue weighted by molar-refractivity contribution is 0.0793. The molecule has 0 spiro atoms. The fraction of sp³-hybridized carbons (Fsp3) is 1.00. The molecular formula is C7H18N2O. The molecule has 0 heterocycles. The van der Waals surface area contributed by atoms with Crippen molar-refractivity contribution in [2.24, 2.45) is 5.73 Å². The number of rotatable bonds is 6. The Balaban J connectivity index is 2.89. The Morgan fingerprint density at radius 2 is 2.20 bits per heavy atom. The summed E-state index contributed by atoms with van der Waals surface area (Å²) < 4.78 is 4.80. The fourth-order valence-electron chi connectivity index (χ4n) is 0.703. The Kier molecular flexibility index (Phi) is 6.91. The minimum atomic E-state index is -0.295. The normalized spacial score (nSPS) is 13.5. The van der Waals surface area contributed by atoms with Crippen molar-refractivity contribution >= 4 is 0 Å². The highest BCUT2D eigenvalue weighted by Gasteiger charge is 1.94. The van der Waals surface area contributed by atoms with Gasteiger partial charge in [0.15, 0.2) is 6.35 Å². The van der Waals surface area contributed by atoms with Gasteiger partial charge >= 0.3 is 0 Å². The third-order valence-electron chi connectivity index (χ3n) is 1.38. The second kappa shape index (κ2) is 6.99. The van der Waals surface area contributed by atoms with Crippen molar-refractivity contribution in [1.82, 2.24) is 5.32 Å². The molecule has 0 aromatic carbocycles. The molecule has 1 atom stereocenters. The lowest BCUT2D eigenvalue weighted by Crippen LogP contribution is -2.39. The van der Waals surface area contributed by atoms with Crippen molar-refractivity contribution in [2.45, 2.75) is 32.5 Å². The summed E-state index contributed by atoms with van der Waals surface area (Å²) in [7, 11) is 1.59. The molecule has 10 heavy (non-hydrogen) atoms. The highest BCUT2D eigenvalue weighted by atomic mass is 16.5. The first-order valence-corrected chi connectivity index (χ1v) is 3.83. The Morgan fingerprint density at radius 3 is 2.70 bits per heavy atom. The van der Waals surface area contributed by atoms with Crippen LogP contribution in [-0.2, 0) is 4.74 Å². The molecule has 1 unspecified atom stereocenters. The Labute approximate surface area is 62.9 Å². The largest absolute Gasteiger partial charge is 0.353 e. The Morgan fingerprint density at radius 1 is 1.50 bits per heavy atom. The highest BCUT2D eigenvalue weighted by molar-refractivity contribution is 4.46. The van der Waals surface area contributed by atoms with E-state index in [0.717, 1.165) is 6.54 Å². The average Bonchev–Trinajstić information content (AvgIpc) is 1.98. The van der Waals surface area contributed by atoms with Crippen molar-refractivity contribution < 1.29 is 4.74 Å². The summed E-state index contributed by atoms with van der Waals surface area (Å²) >= 11 is 0. The first-order valence-electron chi connectivity index (χ1n) is 3.83. The van der Waals surface area contributed by atoms with E-state index in [4.69, 9.17) is 10.5 Å². The Bertz CT molecular complexity index is 68.6. The second-order valence-corrected chi connectivity index (χ2v) is 2.32. The number of nitrogens with two attached hydrogens (primary N) is 1. The van der Waals surface area contributed by atoms with E-state index in [0.29, 0.717) is 0 Å². The number of hydrogen-bond acceptors (Lipinski definition) is 3. The minimum Gasteiger partial charge on any atom is -0.353 e. The van der Waals surface area contributed by atoms with Gasteiger partial charge in [0, 0.05) is 7.11 Å². The number of nitrogens with one attached hydrogen (secondary N) is 1. The van der Waals surface area contributed by atoms with Gasteiger partial charge in [-0.05, 0) is 13.0 Å². The molecule has 62 valence electrons. The number of ether oxygens (including phenoxy) is 1. The molecule has 0 aromatic rings. The average molecular weight is 146 g/mol. The van der Waals surface area contributed by atoms with Crippen LogP contribution >= 0.6 is 0 Å². The van der Waals surface area contributed by atoms with E-state index in [1.54, 1.807) is 7.11 Å². The zero-order valence-corrected chi connectivity index (χ0v) is 6.89. The highest BCUT2D eigenvalue weighted by Crippen LogP contribution is 1.90. The third kappa shape index (κ3) is 6.01. The van der Waals surface area contributed by atoms with Crippen molar-refractivity contribution in [3.63, 3.8) is 0 Å². The van der Waals surface area contributed by atoms with Gasteiger partial charge in [0.25, 0.3) is 0 Å². The first-order chi connectivity index (χ1) is 4.81. The van der Waals surface area contributed by atoms with Gasteiger partial charge in [-0.3, -0.25) is 11.1 Å². The summed E-state index contributed by atoms with van der Waals surface area (Å²) in [5, 5.41) is 3.02. The molecule has 3 nitrogen and oxygen atoms in total. The maximum atomic E-state index is 5.42. The van der Waals surface area contributed by atoms with Crippen molar-refractivity contribution in [1.29, 1.82) is 0 Å². The van der Waals surface area contributed by atoms with Crippen LogP contribution in [0.1, 0.15) is 26.2 Å². The predicted molar refractivity (Wildman–Crippen MR) is 42.5 cm³/mol. The SMILES string of the molecule is CCCCCNC(N)OC. The molecule has 0 rings (SSSR count). The molecular weight excluding hydrogens is 128 g/mol. The van der Waals surface area contributed by atoms with Crippen molar-refractivity contribution in [3.8, 4) is 0 Å². The van der Waals surface area contributed by atoms with Crippen molar-refractivity contribution in [2.75, 3.05) is 13.7 Å². The van der Waals surface area contributed by atoms with Gasteiger partial charge in [-0.2, -0.15) is 0 Å². The van der Waals surface area contributed by atoms with Gasteiger partial charge < -0.3 is 4.74 Å². The number of unbranched alkanes of at least 4 members (excludes halogenated alkanes) is 2.